The molecule has 0 aliphatic carbocycles. The number of hydrogen-bond donors (Lipinski definition) is 2. The van der Waals surface area contributed by atoms with Crippen LogP contribution in [-0.2, 0) is 13.1 Å². The number of aliphatic hydroxyl groups is 1. The smallest absolute Gasteiger partial charge is 0.262 e. The van der Waals surface area contributed by atoms with Crippen LogP contribution >= 0.6 is 22.9 Å². The van der Waals surface area contributed by atoms with Crippen LogP contribution in [0.25, 0.3) is 11.3 Å². The first-order chi connectivity index (χ1) is 17.1. The van der Waals surface area contributed by atoms with Gasteiger partial charge in [0.15, 0.2) is 5.76 Å². The van der Waals surface area contributed by atoms with Gasteiger partial charge in [0.2, 0.25) is 0 Å². The first-order valence-electron chi connectivity index (χ1n) is 11.2. The minimum atomic E-state index is -1.08. The number of aromatic nitrogens is 4. The second kappa shape index (κ2) is 10.3. The van der Waals surface area contributed by atoms with Crippen LogP contribution in [0.15, 0.2) is 51.9 Å². The summed E-state index contributed by atoms with van der Waals surface area (Å²) in [5.41, 5.74) is -0.735. The number of nitrogens with zero attached hydrogens (tertiary/aromatic N) is 5. The van der Waals surface area contributed by atoms with E-state index < -0.39 is 11.3 Å². The van der Waals surface area contributed by atoms with Gasteiger partial charge in [-0.25, -0.2) is 0 Å². The Morgan fingerprint density at radius 2 is 2.03 bits per heavy atom. The molecule has 4 heterocycles. The van der Waals surface area contributed by atoms with Crippen LogP contribution in [0.1, 0.15) is 29.3 Å². The van der Waals surface area contributed by atoms with Gasteiger partial charge in [-0.3, -0.25) is 14.2 Å². The minimum absolute atomic E-state index is 0.182. The molecular weight excluding hydrogens is 504 g/mol. The average molecular weight is 531 g/mol. The molecule has 2 N–H and O–H groups in total. The number of carbonyl (C=O) groups excluding carboxylic acids is 1. The van der Waals surface area contributed by atoms with Crippen molar-refractivity contribution < 1.29 is 14.4 Å². The summed E-state index contributed by atoms with van der Waals surface area (Å²) in [6.07, 6.45) is 1.52. The lowest BCUT2D eigenvalue weighted by Gasteiger charge is -2.20. The van der Waals surface area contributed by atoms with E-state index in [1.165, 1.54) is 22.2 Å². The van der Waals surface area contributed by atoms with Crippen molar-refractivity contribution in [3.8, 4) is 11.3 Å². The number of nitrogens with one attached hydrogen (secondary N) is 1. The highest BCUT2D eigenvalue weighted by atomic mass is 35.5. The molecule has 0 aromatic carbocycles. The Morgan fingerprint density at radius 3 is 2.64 bits per heavy atom. The summed E-state index contributed by atoms with van der Waals surface area (Å²) in [6.45, 7) is 3.50. The number of rotatable bonds is 9. The second-order valence-corrected chi connectivity index (χ2v) is 10.9. The van der Waals surface area contributed by atoms with Gasteiger partial charge in [0.25, 0.3) is 11.5 Å². The lowest BCUT2D eigenvalue weighted by Crippen LogP contribution is -2.34. The molecule has 0 aliphatic rings. The van der Waals surface area contributed by atoms with Crippen LogP contribution in [-0.4, -0.2) is 51.2 Å². The number of anilines is 2. The number of thiophene rings is 1. The Kier molecular flexibility index (Phi) is 7.34. The van der Waals surface area contributed by atoms with Crippen LogP contribution < -0.4 is 15.8 Å². The third-order valence-electron chi connectivity index (χ3n) is 5.64. The van der Waals surface area contributed by atoms with Gasteiger partial charge >= 0.3 is 0 Å². The molecule has 0 saturated carbocycles. The molecule has 4 aromatic heterocycles. The lowest BCUT2D eigenvalue weighted by atomic mass is 9.94. The second-order valence-electron chi connectivity index (χ2n) is 9.10. The normalized spacial score (nSPS) is 11.6. The number of pyridine rings is 1. The van der Waals surface area contributed by atoms with Crippen LogP contribution in [0.4, 0.5) is 11.6 Å². The van der Waals surface area contributed by atoms with Gasteiger partial charge in [0.05, 0.1) is 41.2 Å². The zero-order valence-electron chi connectivity index (χ0n) is 20.4. The summed E-state index contributed by atoms with van der Waals surface area (Å²) in [6, 6.07) is 10.5. The number of carbonyl (C=O) groups is 1. The van der Waals surface area contributed by atoms with Gasteiger partial charge in [-0.15, -0.1) is 11.3 Å². The SMILES string of the molecule is CN(C)c1ccc(-c2cc(NCc3ccc(Cl)s3)n(C(=O)C(C)(C)CO)n2)c(=O)n1Cc1ccno1. The molecule has 0 unspecified atom stereocenters. The highest BCUT2D eigenvalue weighted by Crippen LogP contribution is 2.27. The molecule has 0 saturated heterocycles. The zero-order chi connectivity index (χ0) is 26.0. The average Bonchev–Trinajstić information content (AvgIpc) is 3.59. The van der Waals surface area contributed by atoms with Gasteiger partial charge in [-0.05, 0) is 38.1 Å². The third kappa shape index (κ3) is 5.23. The molecule has 4 aromatic rings. The van der Waals surface area contributed by atoms with Crippen molar-refractivity contribution >= 4 is 40.5 Å². The van der Waals surface area contributed by atoms with Gasteiger partial charge in [0.1, 0.15) is 17.3 Å². The molecule has 190 valence electrons. The van der Waals surface area contributed by atoms with E-state index in [-0.39, 0.29) is 18.7 Å². The first kappa shape index (κ1) is 25.7. The van der Waals surface area contributed by atoms with E-state index in [1.807, 2.05) is 31.1 Å². The van der Waals surface area contributed by atoms with Gasteiger partial charge in [0, 0.05) is 31.1 Å². The van der Waals surface area contributed by atoms with Crippen molar-refractivity contribution in [1.29, 1.82) is 0 Å². The standard InChI is InChI=1S/C24H27ClN6O4S/c1-24(2,14-32)23(34)31-20(26-12-16-5-7-19(25)36-16)11-18(28-31)17-6-8-21(29(3)4)30(22(17)33)13-15-9-10-27-35-15/h5-11,26,32H,12-14H2,1-4H3. The summed E-state index contributed by atoms with van der Waals surface area (Å²) < 4.78 is 8.65. The molecule has 0 fully saturated rings. The molecular formula is C24H27ClN6O4S. The predicted octanol–water partition coefficient (Wildman–Crippen LogP) is 3.80. The molecule has 0 atom stereocenters. The molecule has 36 heavy (non-hydrogen) atoms. The van der Waals surface area contributed by atoms with Crippen molar-refractivity contribution in [3.63, 3.8) is 0 Å². The maximum atomic E-state index is 13.6. The first-order valence-corrected chi connectivity index (χ1v) is 12.3. The molecule has 0 amide bonds. The van der Waals surface area contributed by atoms with Crippen molar-refractivity contribution in [2.75, 3.05) is 30.9 Å². The summed E-state index contributed by atoms with van der Waals surface area (Å²) in [4.78, 5) is 29.7. The molecule has 4 rings (SSSR count). The molecule has 0 bridgehead atoms. The van der Waals surface area contributed by atoms with E-state index in [1.54, 1.807) is 42.7 Å². The molecule has 12 heteroatoms. The predicted molar refractivity (Wildman–Crippen MR) is 140 cm³/mol. The topological polar surface area (TPSA) is 118 Å². The molecule has 0 spiro atoms. The fourth-order valence-corrected chi connectivity index (χ4v) is 4.59. The van der Waals surface area contributed by atoms with Gasteiger partial charge < -0.3 is 19.8 Å². The van der Waals surface area contributed by atoms with Crippen molar-refractivity contribution in [1.82, 2.24) is 19.5 Å². The van der Waals surface area contributed by atoms with Crippen LogP contribution in [0.5, 0.6) is 0 Å². The van der Waals surface area contributed by atoms with Gasteiger partial charge in [-0.1, -0.05) is 16.8 Å². The molecule has 0 aliphatic heterocycles. The number of halogens is 1. The van der Waals surface area contributed by atoms with Crippen molar-refractivity contribution in [3.05, 3.63) is 67.9 Å². The van der Waals surface area contributed by atoms with E-state index in [0.717, 1.165) is 4.88 Å². The van der Waals surface area contributed by atoms with E-state index in [0.29, 0.717) is 39.5 Å². The quantitative estimate of drug-likeness (QED) is 0.335. The number of hydrogen-bond acceptors (Lipinski definition) is 9. The fourth-order valence-electron chi connectivity index (χ4n) is 3.56. The Hall–Kier alpha value is -3.41. The summed E-state index contributed by atoms with van der Waals surface area (Å²) in [5.74, 6) is 1.19. The third-order valence-corrected chi connectivity index (χ3v) is 6.87. The molecule has 0 radical (unpaired) electrons. The molecule has 10 nitrogen and oxygen atoms in total. The monoisotopic (exact) mass is 530 g/mol. The Morgan fingerprint density at radius 1 is 1.25 bits per heavy atom. The summed E-state index contributed by atoms with van der Waals surface area (Å²) in [7, 11) is 3.68. The van der Waals surface area contributed by atoms with Crippen molar-refractivity contribution in [2.24, 2.45) is 5.41 Å². The van der Waals surface area contributed by atoms with Gasteiger partial charge in [-0.2, -0.15) is 9.78 Å². The highest BCUT2D eigenvalue weighted by Gasteiger charge is 2.31. The van der Waals surface area contributed by atoms with Crippen molar-refractivity contribution in [2.45, 2.75) is 26.9 Å². The van der Waals surface area contributed by atoms with Crippen LogP contribution in [0.3, 0.4) is 0 Å². The highest BCUT2D eigenvalue weighted by molar-refractivity contribution is 7.16. The Labute approximate surface area is 216 Å². The van der Waals surface area contributed by atoms with Crippen LogP contribution in [0, 0.1) is 5.41 Å². The van der Waals surface area contributed by atoms with E-state index in [2.05, 4.69) is 15.6 Å². The Balaban J connectivity index is 1.78. The maximum absolute atomic E-state index is 13.6. The zero-order valence-corrected chi connectivity index (χ0v) is 21.9. The summed E-state index contributed by atoms with van der Waals surface area (Å²) in [5, 5.41) is 21.2. The van der Waals surface area contributed by atoms with E-state index >= 15 is 0 Å². The minimum Gasteiger partial charge on any atom is -0.395 e. The maximum Gasteiger partial charge on any atom is 0.262 e. The summed E-state index contributed by atoms with van der Waals surface area (Å²) >= 11 is 7.47. The number of aliphatic hydroxyl groups excluding tert-OH is 1. The largest absolute Gasteiger partial charge is 0.395 e. The Bertz CT molecular complexity index is 1420. The van der Waals surface area contributed by atoms with E-state index in [4.69, 9.17) is 16.1 Å². The van der Waals surface area contributed by atoms with Crippen LogP contribution in [0.2, 0.25) is 4.34 Å². The fraction of sp³-hybridized carbons (Fsp3) is 0.333. The van der Waals surface area contributed by atoms with E-state index in [9.17, 15) is 14.7 Å². The lowest BCUT2D eigenvalue weighted by molar-refractivity contribution is 0.0616.